The van der Waals surface area contributed by atoms with Gasteiger partial charge < -0.3 is 10.3 Å². The van der Waals surface area contributed by atoms with Crippen molar-refractivity contribution in [2.24, 2.45) is 4.99 Å². The molecule has 2 aliphatic rings. The summed E-state index contributed by atoms with van der Waals surface area (Å²) in [7, 11) is 0. The smallest absolute Gasteiger partial charge is 0.0902 e. The molecule has 0 aromatic carbocycles. The molecule has 0 atom stereocenters. The van der Waals surface area contributed by atoms with Crippen molar-refractivity contribution in [2.45, 2.75) is 64.8 Å². The zero-order valence-corrected chi connectivity index (χ0v) is 13.8. The highest BCUT2D eigenvalue weighted by molar-refractivity contribution is 6.13. The Morgan fingerprint density at radius 2 is 2.05 bits per heavy atom. The third-order valence-corrected chi connectivity index (χ3v) is 4.71. The molecule has 0 bridgehead atoms. The van der Waals surface area contributed by atoms with Gasteiger partial charge >= 0.3 is 0 Å². The number of H-pyrrole nitrogens is 1. The Hall–Kier alpha value is -1.77. The molecule has 1 aromatic rings. The first-order valence-electron chi connectivity index (χ1n) is 8.67. The van der Waals surface area contributed by atoms with Gasteiger partial charge in [-0.25, -0.2) is 4.99 Å². The second kappa shape index (κ2) is 6.99. The third-order valence-electron chi connectivity index (χ3n) is 4.71. The van der Waals surface area contributed by atoms with Crippen molar-refractivity contribution in [1.29, 1.82) is 0 Å². The van der Waals surface area contributed by atoms with E-state index in [1.54, 1.807) is 0 Å². The van der Waals surface area contributed by atoms with E-state index in [0.29, 0.717) is 6.04 Å². The van der Waals surface area contributed by atoms with Gasteiger partial charge in [0.1, 0.15) is 0 Å². The molecule has 2 heterocycles. The molecule has 0 radical (unpaired) electrons. The first kappa shape index (κ1) is 15.1. The quantitative estimate of drug-likeness (QED) is 0.790. The fraction of sp³-hybridized carbons (Fsp3) is 0.526. The molecule has 1 aliphatic carbocycles. The summed E-state index contributed by atoms with van der Waals surface area (Å²) in [6, 6.07) is 2.83. The molecule has 0 spiro atoms. The second-order valence-corrected chi connectivity index (χ2v) is 6.49. The van der Waals surface area contributed by atoms with Gasteiger partial charge in [0.05, 0.1) is 17.1 Å². The third kappa shape index (κ3) is 3.52. The Morgan fingerprint density at radius 3 is 2.73 bits per heavy atom. The summed E-state index contributed by atoms with van der Waals surface area (Å²) in [4.78, 5) is 8.13. The molecule has 1 aliphatic heterocycles. The monoisotopic (exact) mass is 297 g/mol. The van der Waals surface area contributed by atoms with Crippen LogP contribution in [0.1, 0.15) is 63.6 Å². The van der Waals surface area contributed by atoms with Crippen LogP contribution < -0.4 is 5.32 Å². The van der Waals surface area contributed by atoms with E-state index in [-0.39, 0.29) is 0 Å². The normalized spacial score (nSPS) is 21.6. The molecule has 118 valence electrons. The fourth-order valence-electron chi connectivity index (χ4n) is 3.32. The number of rotatable bonds is 4. The average molecular weight is 297 g/mol. The number of hydrogen-bond acceptors (Lipinski definition) is 2. The average Bonchev–Trinajstić information content (AvgIpc) is 3.04. The number of aryl methyl sites for hydroxylation is 1. The summed E-state index contributed by atoms with van der Waals surface area (Å²) in [5.41, 5.74) is 5.82. The lowest BCUT2D eigenvalue weighted by molar-refractivity contribution is 0.516. The van der Waals surface area contributed by atoms with Crippen LogP contribution in [0, 0.1) is 0 Å². The van der Waals surface area contributed by atoms with Crippen LogP contribution in [0.5, 0.6) is 0 Å². The van der Waals surface area contributed by atoms with E-state index in [9.17, 15) is 0 Å². The second-order valence-electron chi connectivity index (χ2n) is 6.49. The van der Waals surface area contributed by atoms with Crippen LogP contribution >= 0.6 is 0 Å². The van der Waals surface area contributed by atoms with Gasteiger partial charge in [0.25, 0.3) is 0 Å². The van der Waals surface area contributed by atoms with Crippen molar-refractivity contribution in [1.82, 2.24) is 10.3 Å². The van der Waals surface area contributed by atoms with Crippen molar-refractivity contribution < 1.29 is 0 Å². The van der Waals surface area contributed by atoms with Gasteiger partial charge in [0, 0.05) is 18.4 Å². The molecule has 0 saturated heterocycles. The van der Waals surface area contributed by atoms with Gasteiger partial charge in [-0.2, -0.15) is 0 Å². The first-order valence-corrected chi connectivity index (χ1v) is 8.67. The van der Waals surface area contributed by atoms with Gasteiger partial charge in [0.15, 0.2) is 0 Å². The lowest BCUT2D eigenvalue weighted by Gasteiger charge is -2.14. The Labute approximate surface area is 133 Å². The minimum absolute atomic E-state index is 0.625. The number of nitrogens with zero attached hydrogens (tertiary/aromatic N) is 1. The van der Waals surface area contributed by atoms with E-state index in [1.807, 2.05) is 0 Å². The number of aliphatic imine (C=N–C) groups is 1. The lowest BCUT2D eigenvalue weighted by Crippen LogP contribution is -2.23. The van der Waals surface area contributed by atoms with Gasteiger partial charge in [-0.15, -0.1) is 0 Å². The van der Waals surface area contributed by atoms with E-state index >= 15 is 0 Å². The van der Waals surface area contributed by atoms with Crippen LogP contribution in [0.25, 0.3) is 0 Å². The predicted molar refractivity (Wildman–Crippen MR) is 93.2 cm³/mol. The molecule has 0 unspecified atom stereocenters. The summed E-state index contributed by atoms with van der Waals surface area (Å²) in [6.07, 6.45) is 15.5. The highest BCUT2D eigenvalue weighted by atomic mass is 14.9. The molecule has 2 N–H and O–H groups in total. The lowest BCUT2D eigenvalue weighted by atomic mass is 10.1. The topological polar surface area (TPSA) is 40.2 Å². The van der Waals surface area contributed by atoms with Gasteiger partial charge in [-0.05, 0) is 49.5 Å². The first-order chi connectivity index (χ1) is 10.8. The maximum Gasteiger partial charge on any atom is 0.0902 e. The molecule has 3 rings (SSSR count). The Morgan fingerprint density at radius 1 is 1.27 bits per heavy atom. The van der Waals surface area contributed by atoms with E-state index in [0.717, 1.165) is 23.5 Å². The zero-order chi connectivity index (χ0) is 15.4. The van der Waals surface area contributed by atoms with Crippen molar-refractivity contribution >= 4 is 5.71 Å². The Bertz CT molecular complexity index is 596. The molecule has 1 saturated carbocycles. The number of allylic oxidation sites excluding steroid dienone is 2. The van der Waals surface area contributed by atoms with Gasteiger partial charge in [0.2, 0.25) is 0 Å². The minimum atomic E-state index is 0.625. The van der Waals surface area contributed by atoms with Crippen LogP contribution in [-0.4, -0.2) is 16.7 Å². The van der Waals surface area contributed by atoms with E-state index in [2.05, 4.69) is 48.7 Å². The summed E-state index contributed by atoms with van der Waals surface area (Å²) in [5, 5.41) is 3.59. The van der Waals surface area contributed by atoms with Gasteiger partial charge in [-0.1, -0.05) is 32.6 Å². The largest absolute Gasteiger partial charge is 0.386 e. The van der Waals surface area contributed by atoms with Crippen LogP contribution in [-0.2, 0) is 6.42 Å². The maximum absolute atomic E-state index is 4.79. The molecular formula is C19H27N3. The van der Waals surface area contributed by atoms with Crippen molar-refractivity contribution in [2.75, 3.05) is 0 Å². The van der Waals surface area contributed by atoms with Crippen molar-refractivity contribution in [3.63, 3.8) is 0 Å². The van der Waals surface area contributed by atoms with Gasteiger partial charge in [-0.3, -0.25) is 0 Å². The molecule has 1 aromatic heterocycles. The standard InChI is InChI=1S/C19H27N3/c1-3-15-11-18(21-12-15)19-14(2)10-17(22-19)13-20-16-8-6-4-5-7-9-16/h10-13,16,20-21H,3-9H2,1-2H3/b17-13+. The predicted octanol–water partition coefficient (Wildman–Crippen LogP) is 4.48. The number of aromatic nitrogens is 1. The van der Waals surface area contributed by atoms with E-state index < -0.39 is 0 Å². The number of aromatic amines is 1. The minimum Gasteiger partial charge on any atom is -0.386 e. The van der Waals surface area contributed by atoms with Crippen molar-refractivity contribution in [3.8, 4) is 0 Å². The highest BCUT2D eigenvalue weighted by Gasteiger charge is 2.16. The number of hydrogen-bond donors (Lipinski definition) is 2. The van der Waals surface area contributed by atoms with Crippen LogP contribution in [0.2, 0.25) is 0 Å². The maximum atomic E-state index is 4.79. The number of nitrogens with one attached hydrogen (secondary N) is 2. The summed E-state index contributed by atoms with van der Waals surface area (Å²) < 4.78 is 0. The van der Waals surface area contributed by atoms with Crippen LogP contribution in [0.15, 0.2) is 40.8 Å². The molecule has 0 amide bonds. The summed E-state index contributed by atoms with van der Waals surface area (Å²) >= 11 is 0. The van der Waals surface area contributed by atoms with E-state index in [4.69, 9.17) is 4.99 Å². The molecule has 1 fully saturated rings. The van der Waals surface area contributed by atoms with E-state index in [1.165, 1.54) is 49.7 Å². The summed E-state index contributed by atoms with van der Waals surface area (Å²) in [6.45, 7) is 4.31. The zero-order valence-electron chi connectivity index (χ0n) is 13.8. The molecular weight excluding hydrogens is 270 g/mol. The highest BCUT2D eigenvalue weighted by Crippen LogP contribution is 2.22. The summed E-state index contributed by atoms with van der Waals surface area (Å²) in [5.74, 6) is 0. The fourth-order valence-corrected chi connectivity index (χ4v) is 3.32. The Kier molecular flexibility index (Phi) is 4.81. The van der Waals surface area contributed by atoms with Crippen LogP contribution in [0.4, 0.5) is 0 Å². The molecule has 22 heavy (non-hydrogen) atoms. The van der Waals surface area contributed by atoms with Crippen LogP contribution in [0.3, 0.4) is 0 Å². The molecule has 3 heteroatoms. The SMILES string of the molecule is CCc1c[nH]c(C2=N/C(=C/NC3CCCCCC3)C=C2C)c1. The Balaban J connectivity index is 1.69. The van der Waals surface area contributed by atoms with Crippen molar-refractivity contribution in [3.05, 3.63) is 47.1 Å². The molecule has 3 nitrogen and oxygen atoms in total.